The van der Waals surface area contributed by atoms with Crippen molar-refractivity contribution < 1.29 is 4.74 Å². The molecule has 0 saturated heterocycles. The molecule has 2 rings (SSSR count). The van der Waals surface area contributed by atoms with Crippen LogP contribution in [-0.2, 0) is 0 Å². The van der Waals surface area contributed by atoms with Gasteiger partial charge in [-0.05, 0) is 30.3 Å². The fourth-order valence-corrected chi connectivity index (χ4v) is 2.52. The van der Waals surface area contributed by atoms with Gasteiger partial charge in [-0.25, -0.2) is 0 Å². The fraction of sp³-hybridized carbons (Fsp3) is 0.143. The molecule has 0 amide bonds. The summed E-state index contributed by atoms with van der Waals surface area (Å²) in [5, 5.41) is 0. The lowest BCUT2D eigenvalue weighted by atomic mass is 10.3. The highest BCUT2D eigenvalue weighted by molar-refractivity contribution is 9.10. The molecule has 88 valence electrons. The number of ether oxygens (including phenoxy) is 1. The molecule has 0 spiro atoms. The van der Waals surface area contributed by atoms with Crippen molar-refractivity contribution in [2.45, 2.75) is 4.90 Å². The van der Waals surface area contributed by atoms with Crippen LogP contribution in [0.1, 0.15) is 0 Å². The van der Waals surface area contributed by atoms with Gasteiger partial charge in [0.15, 0.2) is 0 Å². The summed E-state index contributed by atoms with van der Waals surface area (Å²) in [6, 6.07) is 18.3. The number of hydrogen-bond donors (Lipinski definition) is 0. The van der Waals surface area contributed by atoms with Gasteiger partial charge in [-0.2, -0.15) is 0 Å². The van der Waals surface area contributed by atoms with Crippen LogP contribution in [0, 0.1) is 0 Å². The average Bonchev–Trinajstić information content (AvgIpc) is 2.36. The summed E-state index contributed by atoms with van der Waals surface area (Å²) in [6.07, 6.45) is 0. The molecule has 0 aliphatic heterocycles. The maximum Gasteiger partial charge on any atom is 0.120 e. The molecular weight excluding hydrogens is 296 g/mol. The van der Waals surface area contributed by atoms with E-state index in [1.54, 1.807) is 0 Å². The van der Waals surface area contributed by atoms with E-state index in [0.29, 0.717) is 0 Å². The Morgan fingerprint density at radius 3 is 2.59 bits per heavy atom. The highest BCUT2D eigenvalue weighted by atomic mass is 79.9. The van der Waals surface area contributed by atoms with Gasteiger partial charge in [0.2, 0.25) is 0 Å². The molecule has 0 aromatic heterocycles. The van der Waals surface area contributed by atoms with Crippen molar-refractivity contribution >= 4 is 27.7 Å². The maximum atomic E-state index is 5.66. The Balaban J connectivity index is 1.73. The number of benzene rings is 2. The first-order valence-electron chi connectivity index (χ1n) is 5.41. The summed E-state index contributed by atoms with van der Waals surface area (Å²) in [7, 11) is 0. The van der Waals surface area contributed by atoms with Crippen LogP contribution in [-0.4, -0.2) is 12.4 Å². The first-order chi connectivity index (χ1) is 8.34. The normalized spacial score (nSPS) is 10.2. The van der Waals surface area contributed by atoms with Gasteiger partial charge < -0.3 is 4.74 Å². The van der Waals surface area contributed by atoms with Gasteiger partial charge in [0.25, 0.3) is 0 Å². The van der Waals surface area contributed by atoms with E-state index in [1.165, 1.54) is 4.90 Å². The Bertz CT molecular complexity index is 459. The molecule has 0 atom stereocenters. The summed E-state index contributed by atoms with van der Waals surface area (Å²) in [4.78, 5) is 1.28. The minimum atomic E-state index is 0.718. The Labute approximate surface area is 114 Å². The molecule has 2 aromatic rings. The van der Waals surface area contributed by atoms with Crippen LogP contribution in [0.4, 0.5) is 0 Å². The summed E-state index contributed by atoms with van der Waals surface area (Å²) in [6.45, 7) is 0.718. The predicted molar refractivity (Wildman–Crippen MR) is 76.8 cm³/mol. The van der Waals surface area contributed by atoms with E-state index in [2.05, 4.69) is 40.2 Å². The smallest absolute Gasteiger partial charge is 0.120 e. The summed E-state index contributed by atoms with van der Waals surface area (Å²) in [5.74, 6) is 1.87. The van der Waals surface area contributed by atoms with Crippen LogP contribution in [0.3, 0.4) is 0 Å². The van der Waals surface area contributed by atoms with Gasteiger partial charge in [-0.15, -0.1) is 11.8 Å². The molecule has 1 nitrogen and oxygen atoms in total. The zero-order valence-electron chi connectivity index (χ0n) is 9.30. The molecule has 0 heterocycles. The molecular formula is C14H13BrOS. The summed E-state index contributed by atoms with van der Waals surface area (Å²) >= 11 is 5.23. The van der Waals surface area contributed by atoms with Crippen molar-refractivity contribution in [1.29, 1.82) is 0 Å². The second-order valence-corrected chi connectivity index (χ2v) is 5.55. The van der Waals surface area contributed by atoms with E-state index in [9.17, 15) is 0 Å². The molecule has 0 saturated carbocycles. The summed E-state index contributed by atoms with van der Waals surface area (Å²) in [5.41, 5.74) is 0. The van der Waals surface area contributed by atoms with Crippen molar-refractivity contribution in [3.63, 3.8) is 0 Å². The Morgan fingerprint density at radius 2 is 1.82 bits per heavy atom. The van der Waals surface area contributed by atoms with Crippen LogP contribution in [0.5, 0.6) is 5.75 Å². The van der Waals surface area contributed by atoms with Crippen molar-refractivity contribution in [3.8, 4) is 5.75 Å². The van der Waals surface area contributed by atoms with Crippen molar-refractivity contribution in [2.75, 3.05) is 12.4 Å². The summed E-state index contributed by atoms with van der Waals surface area (Å²) < 4.78 is 6.70. The number of thioether (sulfide) groups is 1. The molecule has 0 fully saturated rings. The molecule has 0 aliphatic carbocycles. The zero-order valence-corrected chi connectivity index (χ0v) is 11.7. The van der Waals surface area contributed by atoms with Gasteiger partial charge in [-0.3, -0.25) is 0 Å². The van der Waals surface area contributed by atoms with Gasteiger partial charge >= 0.3 is 0 Å². The van der Waals surface area contributed by atoms with Crippen molar-refractivity contribution in [1.82, 2.24) is 0 Å². The third-order valence-electron chi connectivity index (χ3n) is 2.16. The van der Waals surface area contributed by atoms with E-state index in [1.807, 2.05) is 42.1 Å². The van der Waals surface area contributed by atoms with Gasteiger partial charge in [0, 0.05) is 15.1 Å². The highest BCUT2D eigenvalue weighted by Gasteiger charge is 1.96. The zero-order chi connectivity index (χ0) is 11.9. The molecule has 0 bridgehead atoms. The SMILES string of the molecule is Brc1cccc(OCCSc2ccccc2)c1. The van der Waals surface area contributed by atoms with Gasteiger partial charge in [0.1, 0.15) is 5.75 Å². The van der Waals surface area contributed by atoms with Crippen LogP contribution in [0.25, 0.3) is 0 Å². The molecule has 0 radical (unpaired) electrons. The molecule has 0 aliphatic rings. The topological polar surface area (TPSA) is 9.23 Å². The lowest BCUT2D eigenvalue weighted by Gasteiger charge is -2.06. The van der Waals surface area contributed by atoms with Crippen LogP contribution >= 0.6 is 27.7 Å². The molecule has 17 heavy (non-hydrogen) atoms. The van der Waals surface area contributed by atoms with Crippen LogP contribution in [0.15, 0.2) is 64.0 Å². The van der Waals surface area contributed by atoms with E-state index < -0.39 is 0 Å². The minimum absolute atomic E-state index is 0.718. The quantitative estimate of drug-likeness (QED) is 0.589. The molecule has 2 aromatic carbocycles. The van der Waals surface area contributed by atoms with Crippen molar-refractivity contribution in [3.05, 3.63) is 59.1 Å². The maximum absolute atomic E-state index is 5.66. The fourth-order valence-electron chi connectivity index (χ4n) is 1.39. The molecule has 0 N–H and O–H groups in total. The van der Waals surface area contributed by atoms with E-state index in [4.69, 9.17) is 4.74 Å². The lowest BCUT2D eigenvalue weighted by molar-refractivity contribution is 0.344. The first-order valence-corrected chi connectivity index (χ1v) is 7.19. The first kappa shape index (κ1) is 12.5. The Hall–Kier alpha value is -0.930. The Kier molecular flexibility index (Phi) is 4.95. The number of rotatable bonds is 5. The second-order valence-electron chi connectivity index (χ2n) is 3.47. The van der Waals surface area contributed by atoms with Crippen LogP contribution < -0.4 is 4.74 Å². The number of hydrogen-bond acceptors (Lipinski definition) is 2. The third kappa shape index (κ3) is 4.44. The molecule has 0 unspecified atom stereocenters. The van der Waals surface area contributed by atoms with Gasteiger partial charge in [0.05, 0.1) is 6.61 Å². The van der Waals surface area contributed by atoms with Crippen LogP contribution in [0.2, 0.25) is 0 Å². The standard InChI is InChI=1S/C14H13BrOS/c15-12-5-4-6-13(11-12)16-9-10-17-14-7-2-1-3-8-14/h1-8,11H,9-10H2. The van der Waals surface area contributed by atoms with Gasteiger partial charge in [-0.1, -0.05) is 40.2 Å². The van der Waals surface area contributed by atoms with E-state index >= 15 is 0 Å². The van der Waals surface area contributed by atoms with Crippen molar-refractivity contribution in [2.24, 2.45) is 0 Å². The lowest BCUT2D eigenvalue weighted by Crippen LogP contribution is -1.99. The highest BCUT2D eigenvalue weighted by Crippen LogP contribution is 2.19. The Morgan fingerprint density at radius 1 is 1.00 bits per heavy atom. The molecule has 3 heteroatoms. The average molecular weight is 309 g/mol. The van der Waals surface area contributed by atoms with E-state index in [0.717, 1.165) is 22.6 Å². The monoisotopic (exact) mass is 308 g/mol. The number of halogens is 1. The van der Waals surface area contributed by atoms with E-state index in [-0.39, 0.29) is 0 Å². The third-order valence-corrected chi connectivity index (χ3v) is 3.63. The largest absolute Gasteiger partial charge is 0.493 e. The second kappa shape index (κ2) is 6.72. The minimum Gasteiger partial charge on any atom is -0.493 e. The predicted octanol–water partition coefficient (Wildman–Crippen LogP) is 4.62.